The van der Waals surface area contributed by atoms with Gasteiger partial charge in [-0.05, 0) is 36.8 Å². The third kappa shape index (κ3) is 1.48. The van der Waals surface area contributed by atoms with Crippen molar-refractivity contribution in [2.45, 2.75) is 31.2 Å². The molecule has 1 saturated heterocycles. The molecule has 1 heterocycles. The summed E-state index contributed by atoms with van der Waals surface area (Å²) in [7, 11) is 0. The lowest BCUT2D eigenvalue weighted by atomic mass is 9.77. The first kappa shape index (κ1) is 10.3. The van der Waals surface area contributed by atoms with Crippen molar-refractivity contribution in [1.82, 2.24) is 0 Å². The first-order valence-corrected chi connectivity index (χ1v) is 6.26. The van der Waals surface area contributed by atoms with E-state index < -0.39 is 0 Å². The molecule has 0 aromatic heterocycles. The molecule has 1 aliphatic heterocycles. The summed E-state index contributed by atoms with van der Waals surface area (Å²) in [4.78, 5) is 0. The van der Waals surface area contributed by atoms with Gasteiger partial charge in [-0.3, -0.25) is 0 Å². The molecule has 2 atom stereocenters. The number of rotatable bonds is 1. The van der Waals surface area contributed by atoms with Crippen molar-refractivity contribution >= 4 is 0 Å². The first-order chi connectivity index (χ1) is 7.81. The molecule has 3 rings (SSSR count). The summed E-state index contributed by atoms with van der Waals surface area (Å²) < 4.78 is 5.59. The topological polar surface area (TPSA) is 35.2 Å². The van der Waals surface area contributed by atoms with Crippen LogP contribution in [0.25, 0.3) is 0 Å². The van der Waals surface area contributed by atoms with Crippen molar-refractivity contribution in [2.75, 3.05) is 13.2 Å². The predicted octanol–water partition coefficient (Wildman–Crippen LogP) is 2.21. The molecular weight excluding hydrogens is 198 g/mol. The molecule has 2 heteroatoms. The van der Waals surface area contributed by atoms with Crippen LogP contribution in [0.2, 0.25) is 0 Å². The summed E-state index contributed by atoms with van der Waals surface area (Å²) in [5, 5.41) is 0. The van der Waals surface area contributed by atoms with Gasteiger partial charge in [-0.25, -0.2) is 0 Å². The second-order valence-electron chi connectivity index (χ2n) is 5.11. The van der Waals surface area contributed by atoms with E-state index in [1.807, 2.05) is 0 Å². The minimum absolute atomic E-state index is 0.128. The monoisotopic (exact) mass is 217 g/mol. The lowest BCUT2D eigenvalue weighted by Crippen LogP contribution is -2.45. The Labute approximate surface area is 96.8 Å². The predicted molar refractivity (Wildman–Crippen MR) is 64.2 cm³/mol. The van der Waals surface area contributed by atoms with E-state index >= 15 is 0 Å². The van der Waals surface area contributed by atoms with E-state index in [0.29, 0.717) is 5.92 Å². The Balaban J connectivity index is 1.94. The van der Waals surface area contributed by atoms with Crippen LogP contribution >= 0.6 is 0 Å². The zero-order valence-corrected chi connectivity index (χ0v) is 9.61. The molecular formula is C14H19NO. The standard InChI is InChI=1S/C14H19NO/c15-14(12-5-3-9-16-10-12)8-7-11-4-1-2-6-13(11)14/h1-2,4,6,12H,3,5,7-10,15H2. The maximum atomic E-state index is 6.67. The molecule has 16 heavy (non-hydrogen) atoms. The molecule has 0 saturated carbocycles. The van der Waals surface area contributed by atoms with E-state index in [1.54, 1.807) is 0 Å². The van der Waals surface area contributed by atoms with Gasteiger partial charge in [0.05, 0.1) is 6.61 Å². The van der Waals surface area contributed by atoms with Gasteiger partial charge in [0.15, 0.2) is 0 Å². The van der Waals surface area contributed by atoms with E-state index in [-0.39, 0.29) is 5.54 Å². The van der Waals surface area contributed by atoms with Gasteiger partial charge >= 0.3 is 0 Å². The Morgan fingerprint density at radius 2 is 2.19 bits per heavy atom. The van der Waals surface area contributed by atoms with Crippen LogP contribution in [0.4, 0.5) is 0 Å². The highest BCUT2D eigenvalue weighted by atomic mass is 16.5. The molecule has 0 amide bonds. The van der Waals surface area contributed by atoms with Crippen LogP contribution in [0.1, 0.15) is 30.4 Å². The van der Waals surface area contributed by atoms with Gasteiger partial charge in [-0.1, -0.05) is 24.3 Å². The average molecular weight is 217 g/mol. The average Bonchev–Trinajstić information content (AvgIpc) is 2.71. The zero-order chi connectivity index (χ0) is 11.0. The van der Waals surface area contributed by atoms with Gasteiger partial charge in [0.1, 0.15) is 0 Å². The SMILES string of the molecule is NC1(C2CCCOC2)CCc2ccccc21. The molecule has 1 fully saturated rings. The van der Waals surface area contributed by atoms with Crippen molar-refractivity contribution < 1.29 is 4.74 Å². The zero-order valence-electron chi connectivity index (χ0n) is 9.61. The van der Waals surface area contributed by atoms with Crippen molar-refractivity contribution in [1.29, 1.82) is 0 Å². The fourth-order valence-electron chi connectivity index (χ4n) is 3.24. The third-order valence-electron chi connectivity index (χ3n) is 4.22. The van der Waals surface area contributed by atoms with Gasteiger partial charge in [-0.15, -0.1) is 0 Å². The normalized spacial score (nSPS) is 33.7. The van der Waals surface area contributed by atoms with E-state index in [1.165, 1.54) is 17.5 Å². The van der Waals surface area contributed by atoms with Gasteiger partial charge in [-0.2, -0.15) is 0 Å². The van der Waals surface area contributed by atoms with Gasteiger partial charge in [0.2, 0.25) is 0 Å². The largest absolute Gasteiger partial charge is 0.381 e. The van der Waals surface area contributed by atoms with Gasteiger partial charge in [0, 0.05) is 18.1 Å². The highest BCUT2D eigenvalue weighted by molar-refractivity contribution is 5.39. The molecule has 2 N–H and O–H groups in total. The van der Waals surface area contributed by atoms with E-state index in [9.17, 15) is 0 Å². The van der Waals surface area contributed by atoms with Crippen LogP contribution in [0.3, 0.4) is 0 Å². The first-order valence-electron chi connectivity index (χ1n) is 6.26. The molecule has 86 valence electrons. The second-order valence-corrected chi connectivity index (χ2v) is 5.11. The molecule has 2 aliphatic rings. The summed E-state index contributed by atoms with van der Waals surface area (Å²) in [6.45, 7) is 1.75. The van der Waals surface area contributed by atoms with Crippen molar-refractivity contribution in [2.24, 2.45) is 11.7 Å². The van der Waals surface area contributed by atoms with Crippen LogP contribution in [-0.4, -0.2) is 13.2 Å². The summed E-state index contributed by atoms with van der Waals surface area (Å²) in [6.07, 6.45) is 4.58. The number of hydrogen-bond donors (Lipinski definition) is 1. The third-order valence-corrected chi connectivity index (χ3v) is 4.22. The van der Waals surface area contributed by atoms with Crippen LogP contribution in [-0.2, 0) is 16.7 Å². The lowest BCUT2D eigenvalue weighted by molar-refractivity contribution is 0.0201. The summed E-state index contributed by atoms with van der Waals surface area (Å²) in [6, 6.07) is 8.64. The van der Waals surface area contributed by atoms with Crippen molar-refractivity contribution in [3.05, 3.63) is 35.4 Å². The number of fused-ring (bicyclic) bond motifs is 1. The fraction of sp³-hybridized carbons (Fsp3) is 0.571. The molecule has 2 nitrogen and oxygen atoms in total. The Morgan fingerprint density at radius 3 is 3.00 bits per heavy atom. The number of hydrogen-bond acceptors (Lipinski definition) is 2. The van der Waals surface area contributed by atoms with Gasteiger partial charge in [0.25, 0.3) is 0 Å². The molecule has 0 spiro atoms. The van der Waals surface area contributed by atoms with Crippen LogP contribution in [0.15, 0.2) is 24.3 Å². The highest BCUT2D eigenvalue weighted by Gasteiger charge is 2.42. The van der Waals surface area contributed by atoms with E-state index in [4.69, 9.17) is 10.5 Å². The Hall–Kier alpha value is -0.860. The number of benzene rings is 1. The van der Waals surface area contributed by atoms with E-state index in [0.717, 1.165) is 32.5 Å². The second kappa shape index (κ2) is 3.86. The Kier molecular flexibility index (Phi) is 2.49. The summed E-state index contributed by atoms with van der Waals surface area (Å²) in [5.74, 6) is 0.505. The maximum absolute atomic E-state index is 6.67. The van der Waals surface area contributed by atoms with E-state index in [2.05, 4.69) is 24.3 Å². The van der Waals surface area contributed by atoms with Crippen LogP contribution < -0.4 is 5.73 Å². The number of nitrogens with two attached hydrogens (primary N) is 1. The Bertz CT molecular complexity index is 384. The minimum Gasteiger partial charge on any atom is -0.381 e. The molecule has 1 aromatic rings. The van der Waals surface area contributed by atoms with Crippen molar-refractivity contribution in [3.8, 4) is 0 Å². The quantitative estimate of drug-likeness (QED) is 0.782. The molecule has 0 radical (unpaired) electrons. The van der Waals surface area contributed by atoms with Crippen LogP contribution in [0.5, 0.6) is 0 Å². The Morgan fingerprint density at radius 1 is 1.31 bits per heavy atom. The smallest absolute Gasteiger partial charge is 0.0515 e. The molecule has 0 bridgehead atoms. The maximum Gasteiger partial charge on any atom is 0.0515 e. The lowest BCUT2D eigenvalue weighted by Gasteiger charge is -2.37. The highest BCUT2D eigenvalue weighted by Crippen LogP contribution is 2.42. The van der Waals surface area contributed by atoms with Gasteiger partial charge < -0.3 is 10.5 Å². The number of aryl methyl sites for hydroxylation is 1. The summed E-state index contributed by atoms with van der Waals surface area (Å²) in [5.41, 5.74) is 9.34. The fourth-order valence-corrected chi connectivity index (χ4v) is 3.24. The molecule has 2 unspecified atom stereocenters. The van der Waals surface area contributed by atoms with Crippen molar-refractivity contribution in [3.63, 3.8) is 0 Å². The minimum atomic E-state index is -0.128. The molecule has 1 aromatic carbocycles. The van der Waals surface area contributed by atoms with Crippen LogP contribution in [0, 0.1) is 5.92 Å². The number of ether oxygens (including phenoxy) is 1. The molecule has 1 aliphatic carbocycles. The summed E-state index contributed by atoms with van der Waals surface area (Å²) >= 11 is 0.